The number of thioether (sulfide) groups is 1. The van der Waals surface area contributed by atoms with E-state index in [1.54, 1.807) is 18.2 Å². The molecular formula is C31H34F6N4O3S. The van der Waals surface area contributed by atoms with E-state index >= 15 is 0 Å². The summed E-state index contributed by atoms with van der Waals surface area (Å²) < 4.78 is 90.5. The molecule has 0 radical (unpaired) electrons. The molecule has 0 bridgehead atoms. The van der Waals surface area contributed by atoms with Crippen molar-refractivity contribution in [3.05, 3.63) is 63.6 Å². The lowest BCUT2D eigenvalue weighted by atomic mass is 9.96. The Morgan fingerprint density at radius 2 is 1.64 bits per heavy atom. The van der Waals surface area contributed by atoms with E-state index in [4.69, 9.17) is 9.47 Å². The van der Waals surface area contributed by atoms with Gasteiger partial charge < -0.3 is 19.3 Å². The summed E-state index contributed by atoms with van der Waals surface area (Å²) in [6, 6.07) is 6.06. The summed E-state index contributed by atoms with van der Waals surface area (Å²) in [6.45, 7) is 6.14. The number of amidine groups is 1. The van der Waals surface area contributed by atoms with E-state index in [-0.39, 0.29) is 23.5 Å². The lowest BCUT2D eigenvalue weighted by molar-refractivity contribution is -0.143. The number of alkyl halides is 6. The smallest absolute Gasteiger partial charge is 0.416 e. The highest BCUT2D eigenvalue weighted by molar-refractivity contribution is 8.18. The van der Waals surface area contributed by atoms with Crippen molar-refractivity contribution in [2.45, 2.75) is 31.8 Å². The number of piperidine rings is 1. The second-order valence-corrected chi connectivity index (χ2v) is 12.4. The zero-order valence-corrected chi connectivity index (χ0v) is 25.7. The molecule has 0 atom stereocenters. The summed E-state index contributed by atoms with van der Waals surface area (Å²) in [5.41, 5.74) is -2.70. The van der Waals surface area contributed by atoms with E-state index in [1.807, 2.05) is 0 Å². The Balaban J connectivity index is 1.19. The van der Waals surface area contributed by atoms with Crippen LogP contribution in [0.25, 0.3) is 6.08 Å². The molecule has 5 rings (SSSR count). The highest BCUT2D eigenvalue weighted by atomic mass is 32.2. The average molecular weight is 657 g/mol. The zero-order valence-electron chi connectivity index (χ0n) is 24.9. The second-order valence-electron chi connectivity index (χ2n) is 11.4. The van der Waals surface area contributed by atoms with Crippen LogP contribution < -0.4 is 9.47 Å². The van der Waals surface area contributed by atoms with E-state index in [9.17, 15) is 31.1 Å². The Morgan fingerprint density at radius 1 is 0.933 bits per heavy atom. The molecule has 0 aliphatic carbocycles. The van der Waals surface area contributed by atoms with Gasteiger partial charge in [-0.2, -0.15) is 31.3 Å². The van der Waals surface area contributed by atoms with Gasteiger partial charge in [-0.1, -0.05) is 12.1 Å². The third-order valence-electron chi connectivity index (χ3n) is 8.22. The molecule has 2 aromatic rings. The van der Waals surface area contributed by atoms with Gasteiger partial charge in [0.15, 0.2) is 16.7 Å². The first kappa shape index (κ1) is 33.1. The Hall–Kier alpha value is -3.23. The normalized spacial score (nSPS) is 20.2. The van der Waals surface area contributed by atoms with Crippen LogP contribution in [-0.4, -0.2) is 85.7 Å². The number of aliphatic imine (C=N–C) groups is 1. The molecule has 2 saturated heterocycles. The lowest BCUT2D eigenvalue weighted by Crippen LogP contribution is -2.49. The monoisotopic (exact) mass is 656 g/mol. The molecule has 244 valence electrons. The van der Waals surface area contributed by atoms with Crippen LogP contribution in [0.3, 0.4) is 0 Å². The van der Waals surface area contributed by atoms with Crippen LogP contribution in [0.5, 0.6) is 11.5 Å². The van der Waals surface area contributed by atoms with Crippen molar-refractivity contribution in [3.8, 4) is 11.5 Å². The van der Waals surface area contributed by atoms with Crippen LogP contribution in [0.1, 0.15) is 35.1 Å². The van der Waals surface area contributed by atoms with Gasteiger partial charge >= 0.3 is 12.4 Å². The number of rotatable bonds is 7. The molecule has 0 N–H and O–H groups in total. The molecule has 0 spiro atoms. The number of amides is 1. The quantitative estimate of drug-likeness (QED) is 0.258. The third-order valence-corrected chi connectivity index (χ3v) is 9.26. The molecule has 0 unspecified atom stereocenters. The van der Waals surface area contributed by atoms with E-state index in [2.05, 4.69) is 26.7 Å². The van der Waals surface area contributed by atoms with Gasteiger partial charge in [0.1, 0.15) is 6.61 Å². The largest absolute Gasteiger partial charge is 0.493 e. The standard InChI is InChI=1S/C31H34F6N4O3S/c1-39-9-7-20(8-10-39)18-40-11-13-41(14-12-40)29-38-28(42)27(45-29)16-21-3-6-25(26(15-21)43-2)44-19-22-4-5-23(30(32,33)34)17-24(22)31(35,36)37/h3-6,15-17,20H,7-14,18-19H2,1-2H3. The summed E-state index contributed by atoms with van der Waals surface area (Å²) in [6.07, 6.45) is -5.83. The van der Waals surface area contributed by atoms with Crippen LogP contribution in [0.15, 0.2) is 46.3 Å². The molecule has 2 aromatic carbocycles. The third kappa shape index (κ3) is 8.33. The summed E-state index contributed by atoms with van der Waals surface area (Å²) in [5, 5.41) is 0.661. The maximum Gasteiger partial charge on any atom is 0.416 e. The first-order chi connectivity index (χ1) is 21.3. The number of carbonyl (C=O) groups is 1. The van der Waals surface area contributed by atoms with Gasteiger partial charge in [0.25, 0.3) is 5.91 Å². The number of carbonyl (C=O) groups excluding carboxylic acids is 1. The van der Waals surface area contributed by atoms with Crippen LogP contribution in [0, 0.1) is 5.92 Å². The maximum absolute atomic E-state index is 13.5. The number of hydrogen-bond donors (Lipinski definition) is 0. The van der Waals surface area contributed by atoms with Crippen LogP contribution >= 0.6 is 11.8 Å². The van der Waals surface area contributed by atoms with Gasteiger partial charge in [0.05, 0.1) is 23.1 Å². The van der Waals surface area contributed by atoms with Crippen molar-refractivity contribution < 1.29 is 40.6 Å². The minimum absolute atomic E-state index is 0.0776. The lowest BCUT2D eigenvalue weighted by Gasteiger charge is -2.38. The number of ether oxygens (including phenoxy) is 2. The molecule has 3 heterocycles. The molecule has 1 amide bonds. The fourth-order valence-corrected chi connectivity index (χ4v) is 6.57. The molecular weight excluding hydrogens is 622 g/mol. The minimum atomic E-state index is -5.01. The van der Waals surface area contributed by atoms with Crippen LogP contribution in [-0.2, 0) is 23.8 Å². The predicted octanol–water partition coefficient (Wildman–Crippen LogP) is 6.24. The molecule has 3 aliphatic heterocycles. The van der Waals surface area contributed by atoms with E-state index in [1.165, 1.54) is 37.8 Å². The summed E-state index contributed by atoms with van der Waals surface area (Å²) in [4.78, 5) is 24.4. The van der Waals surface area contributed by atoms with Crippen molar-refractivity contribution in [2.75, 3.05) is 60.0 Å². The number of nitrogens with zero attached hydrogens (tertiary/aromatic N) is 4. The first-order valence-corrected chi connectivity index (χ1v) is 15.4. The maximum atomic E-state index is 13.5. The highest BCUT2D eigenvalue weighted by Gasteiger charge is 2.38. The Bertz CT molecular complexity index is 1450. The molecule has 3 aliphatic rings. The van der Waals surface area contributed by atoms with Gasteiger partial charge in [0.2, 0.25) is 0 Å². The molecule has 0 aromatic heterocycles. The molecule has 2 fully saturated rings. The Morgan fingerprint density at radius 3 is 2.29 bits per heavy atom. The summed E-state index contributed by atoms with van der Waals surface area (Å²) >= 11 is 1.29. The molecule has 14 heteroatoms. The number of likely N-dealkylation sites (tertiary alicyclic amines) is 1. The number of methoxy groups -OCH3 is 1. The molecule has 0 saturated carbocycles. The molecule has 7 nitrogen and oxygen atoms in total. The zero-order chi connectivity index (χ0) is 32.4. The van der Waals surface area contributed by atoms with Gasteiger partial charge in [-0.25, -0.2) is 0 Å². The summed E-state index contributed by atoms with van der Waals surface area (Å²) in [5.74, 6) is 0.637. The summed E-state index contributed by atoms with van der Waals surface area (Å²) in [7, 11) is 3.51. The number of hydrogen-bond acceptors (Lipinski definition) is 7. The Kier molecular flexibility index (Phi) is 10.0. The van der Waals surface area contributed by atoms with Crippen molar-refractivity contribution in [2.24, 2.45) is 10.9 Å². The number of benzene rings is 2. The van der Waals surface area contributed by atoms with E-state index in [0.29, 0.717) is 21.7 Å². The fraction of sp³-hybridized carbons (Fsp3) is 0.484. The average Bonchev–Trinajstić information content (AvgIpc) is 3.36. The predicted molar refractivity (Wildman–Crippen MR) is 160 cm³/mol. The highest BCUT2D eigenvalue weighted by Crippen LogP contribution is 2.39. The number of piperazine rings is 1. The van der Waals surface area contributed by atoms with E-state index in [0.717, 1.165) is 57.8 Å². The van der Waals surface area contributed by atoms with Crippen molar-refractivity contribution >= 4 is 28.9 Å². The topological polar surface area (TPSA) is 57.6 Å². The number of halogens is 6. The van der Waals surface area contributed by atoms with Gasteiger partial charge in [-0.3, -0.25) is 9.69 Å². The van der Waals surface area contributed by atoms with Gasteiger partial charge in [0, 0.05) is 38.3 Å². The van der Waals surface area contributed by atoms with E-state index < -0.39 is 35.6 Å². The second kappa shape index (κ2) is 13.6. The van der Waals surface area contributed by atoms with Crippen molar-refractivity contribution in [1.29, 1.82) is 0 Å². The van der Waals surface area contributed by atoms with Crippen molar-refractivity contribution in [3.63, 3.8) is 0 Å². The Labute approximate surface area is 261 Å². The SMILES string of the molecule is COc1cc(C=C2SC(N3CCN(CC4CCN(C)CC4)CC3)=NC2=O)ccc1OCc1ccc(C(F)(F)F)cc1C(F)(F)F. The van der Waals surface area contributed by atoms with Crippen molar-refractivity contribution in [1.82, 2.24) is 14.7 Å². The minimum Gasteiger partial charge on any atom is -0.493 e. The van der Waals surface area contributed by atoms with Crippen LogP contribution in [0.2, 0.25) is 0 Å². The van der Waals surface area contributed by atoms with Gasteiger partial charge in [-0.05, 0) is 86.6 Å². The fourth-order valence-electron chi connectivity index (χ4n) is 5.61. The van der Waals surface area contributed by atoms with Gasteiger partial charge in [-0.15, -0.1) is 0 Å². The molecule has 45 heavy (non-hydrogen) atoms. The van der Waals surface area contributed by atoms with Crippen LogP contribution in [0.4, 0.5) is 26.3 Å². The first-order valence-electron chi connectivity index (χ1n) is 14.6.